The van der Waals surface area contributed by atoms with Gasteiger partial charge in [0.1, 0.15) is 0 Å². The van der Waals surface area contributed by atoms with Crippen molar-refractivity contribution in [2.75, 3.05) is 53.5 Å². The Morgan fingerprint density at radius 1 is 1.36 bits per heavy atom. The second-order valence-corrected chi connectivity index (χ2v) is 6.39. The van der Waals surface area contributed by atoms with Crippen molar-refractivity contribution in [1.82, 2.24) is 15.1 Å². The normalized spacial score (nSPS) is 23.4. The van der Waals surface area contributed by atoms with Gasteiger partial charge in [0.25, 0.3) is 0 Å². The molecule has 0 radical (unpaired) electrons. The van der Waals surface area contributed by atoms with Gasteiger partial charge in [-0.2, -0.15) is 0 Å². The monoisotopic (exact) mass is 311 g/mol. The van der Waals surface area contributed by atoms with Gasteiger partial charge in [0.05, 0.1) is 12.5 Å². The molecule has 0 aromatic heterocycles. The first-order valence-corrected chi connectivity index (χ1v) is 8.35. The van der Waals surface area contributed by atoms with E-state index in [1.54, 1.807) is 12.0 Å². The molecular weight excluding hydrogens is 282 g/mol. The molecule has 0 aromatic carbocycles. The number of rotatable bonds is 7. The van der Waals surface area contributed by atoms with Gasteiger partial charge in [0, 0.05) is 39.7 Å². The minimum Gasteiger partial charge on any atom is -0.383 e. The van der Waals surface area contributed by atoms with Crippen LogP contribution in [-0.4, -0.2) is 75.1 Å². The van der Waals surface area contributed by atoms with Gasteiger partial charge in [0.2, 0.25) is 11.8 Å². The molecule has 1 unspecified atom stereocenters. The predicted molar refractivity (Wildman–Crippen MR) is 84.4 cm³/mol. The van der Waals surface area contributed by atoms with Crippen LogP contribution in [0.2, 0.25) is 0 Å². The van der Waals surface area contributed by atoms with Crippen LogP contribution >= 0.6 is 0 Å². The lowest BCUT2D eigenvalue weighted by Crippen LogP contribution is -2.42. The third-order valence-corrected chi connectivity index (χ3v) is 4.86. The van der Waals surface area contributed by atoms with Crippen LogP contribution in [-0.2, 0) is 14.3 Å². The first kappa shape index (κ1) is 17.2. The van der Waals surface area contributed by atoms with Crippen molar-refractivity contribution >= 4 is 11.8 Å². The lowest BCUT2D eigenvalue weighted by molar-refractivity contribution is -0.137. The number of carbonyl (C=O) groups is 2. The molecule has 2 amide bonds. The number of nitrogens with one attached hydrogen (secondary N) is 1. The van der Waals surface area contributed by atoms with Gasteiger partial charge < -0.3 is 19.9 Å². The number of nitrogens with zero attached hydrogens (tertiary/aromatic N) is 2. The van der Waals surface area contributed by atoms with Crippen molar-refractivity contribution in [3.8, 4) is 0 Å². The standard InChI is InChI=1S/C16H29N3O3/c1-17-6-3-13-4-7-18(8-5-13)16(21)14-11-15(20)19(12-14)9-10-22-2/h13-14,17H,3-12H2,1-2H3. The Balaban J connectivity index is 1.77. The highest BCUT2D eigenvalue weighted by molar-refractivity contribution is 5.89. The van der Waals surface area contributed by atoms with Gasteiger partial charge in [-0.3, -0.25) is 9.59 Å². The number of hydrogen-bond acceptors (Lipinski definition) is 4. The molecule has 2 aliphatic rings. The van der Waals surface area contributed by atoms with E-state index >= 15 is 0 Å². The van der Waals surface area contributed by atoms with Crippen LogP contribution in [0, 0.1) is 11.8 Å². The average molecular weight is 311 g/mol. The zero-order valence-corrected chi connectivity index (χ0v) is 13.8. The highest BCUT2D eigenvalue weighted by Gasteiger charge is 2.37. The summed E-state index contributed by atoms with van der Waals surface area (Å²) in [5.74, 6) is 0.817. The van der Waals surface area contributed by atoms with Crippen LogP contribution in [0.25, 0.3) is 0 Å². The maximum atomic E-state index is 12.6. The van der Waals surface area contributed by atoms with Crippen LogP contribution < -0.4 is 5.32 Å². The molecule has 22 heavy (non-hydrogen) atoms. The quantitative estimate of drug-likeness (QED) is 0.736. The summed E-state index contributed by atoms with van der Waals surface area (Å²) in [5, 5.41) is 3.19. The molecule has 1 atom stereocenters. The van der Waals surface area contributed by atoms with E-state index in [0.29, 0.717) is 26.1 Å². The molecule has 0 bridgehead atoms. The van der Waals surface area contributed by atoms with E-state index < -0.39 is 0 Å². The van der Waals surface area contributed by atoms with Crippen molar-refractivity contribution in [2.45, 2.75) is 25.7 Å². The Bertz CT molecular complexity index is 381. The molecule has 2 saturated heterocycles. The van der Waals surface area contributed by atoms with Crippen LogP contribution in [0.5, 0.6) is 0 Å². The third-order valence-electron chi connectivity index (χ3n) is 4.86. The predicted octanol–water partition coefficient (Wildman–Crippen LogP) is 0.329. The van der Waals surface area contributed by atoms with Gasteiger partial charge in [0.15, 0.2) is 0 Å². The fourth-order valence-corrected chi connectivity index (χ4v) is 3.40. The molecule has 6 nitrogen and oxygen atoms in total. The van der Waals surface area contributed by atoms with Crippen molar-refractivity contribution < 1.29 is 14.3 Å². The molecule has 2 rings (SSSR count). The topological polar surface area (TPSA) is 61.9 Å². The molecule has 1 N–H and O–H groups in total. The van der Waals surface area contributed by atoms with Crippen molar-refractivity contribution in [2.24, 2.45) is 11.8 Å². The Morgan fingerprint density at radius 3 is 2.73 bits per heavy atom. The first-order valence-electron chi connectivity index (χ1n) is 8.35. The van der Waals surface area contributed by atoms with Crippen molar-refractivity contribution in [1.29, 1.82) is 0 Å². The van der Waals surface area contributed by atoms with Crippen LogP contribution in [0.3, 0.4) is 0 Å². The number of ether oxygens (including phenoxy) is 1. The average Bonchev–Trinajstić information content (AvgIpc) is 2.91. The van der Waals surface area contributed by atoms with E-state index in [1.807, 2.05) is 11.9 Å². The minimum absolute atomic E-state index is 0.0827. The summed E-state index contributed by atoms with van der Waals surface area (Å²) in [5.41, 5.74) is 0. The van der Waals surface area contributed by atoms with E-state index in [2.05, 4.69) is 5.32 Å². The number of hydrogen-bond donors (Lipinski definition) is 1. The second kappa shape index (κ2) is 8.48. The van der Waals surface area contributed by atoms with Crippen LogP contribution in [0.15, 0.2) is 0 Å². The van der Waals surface area contributed by atoms with Crippen LogP contribution in [0.4, 0.5) is 0 Å². The summed E-state index contributed by atoms with van der Waals surface area (Å²) < 4.78 is 5.01. The Hall–Kier alpha value is -1.14. The molecule has 0 saturated carbocycles. The fourth-order valence-electron chi connectivity index (χ4n) is 3.40. The van der Waals surface area contributed by atoms with Crippen LogP contribution in [0.1, 0.15) is 25.7 Å². The number of amides is 2. The summed E-state index contributed by atoms with van der Waals surface area (Å²) in [6, 6.07) is 0. The highest BCUT2D eigenvalue weighted by atomic mass is 16.5. The lowest BCUT2D eigenvalue weighted by atomic mass is 9.92. The zero-order valence-electron chi connectivity index (χ0n) is 13.8. The second-order valence-electron chi connectivity index (χ2n) is 6.39. The molecule has 0 aliphatic carbocycles. The Labute approximate surface area is 133 Å². The van der Waals surface area contributed by atoms with Gasteiger partial charge in [-0.1, -0.05) is 0 Å². The fraction of sp³-hybridized carbons (Fsp3) is 0.875. The first-order chi connectivity index (χ1) is 10.7. The molecule has 0 aromatic rings. The van der Waals surface area contributed by atoms with Gasteiger partial charge in [-0.05, 0) is 38.8 Å². The number of likely N-dealkylation sites (tertiary alicyclic amines) is 2. The minimum atomic E-state index is -0.154. The number of piperidine rings is 1. The van der Waals surface area contributed by atoms with E-state index in [9.17, 15) is 9.59 Å². The highest BCUT2D eigenvalue weighted by Crippen LogP contribution is 2.25. The summed E-state index contributed by atoms with van der Waals surface area (Å²) in [7, 11) is 3.60. The maximum Gasteiger partial charge on any atom is 0.227 e. The van der Waals surface area contributed by atoms with E-state index in [4.69, 9.17) is 4.74 Å². The molecule has 0 spiro atoms. The Morgan fingerprint density at radius 2 is 2.09 bits per heavy atom. The lowest BCUT2D eigenvalue weighted by Gasteiger charge is -2.33. The summed E-state index contributed by atoms with van der Waals surface area (Å²) in [6.45, 7) is 4.41. The van der Waals surface area contributed by atoms with E-state index in [-0.39, 0.29) is 17.7 Å². The zero-order chi connectivity index (χ0) is 15.9. The maximum absolute atomic E-state index is 12.6. The van der Waals surface area contributed by atoms with Gasteiger partial charge in [-0.15, -0.1) is 0 Å². The molecule has 2 heterocycles. The largest absolute Gasteiger partial charge is 0.383 e. The van der Waals surface area contributed by atoms with E-state index in [0.717, 1.165) is 38.4 Å². The van der Waals surface area contributed by atoms with Gasteiger partial charge in [-0.25, -0.2) is 0 Å². The summed E-state index contributed by atoms with van der Waals surface area (Å²) in [4.78, 5) is 28.3. The van der Waals surface area contributed by atoms with Crippen molar-refractivity contribution in [3.63, 3.8) is 0 Å². The molecule has 2 fully saturated rings. The van der Waals surface area contributed by atoms with Crippen molar-refractivity contribution in [3.05, 3.63) is 0 Å². The molecule has 2 aliphatic heterocycles. The van der Waals surface area contributed by atoms with Gasteiger partial charge >= 0.3 is 0 Å². The summed E-state index contributed by atoms with van der Waals surface area (Å²) in [6.07, 6.45) is 3.72. The smallest absolute Gasteiger partial charge is 0.227 e. The molecule has 126 valence electrons. The molecule has 6 heteroatoms. The molecular formula is C16H29N3O3. The number of methoxy groups -OCH3 is 1. The van der Waals surface area contributed by atoms with E-state index in [1.165, 1.54) is 6.42 Å². The Kier molecular flexibility index (Phi) is 6.64. The number of carbonyl (C=O) groups excluding carboxylic acids is 2. The third kappa shape index (κ3) is 4.43. The SMILES string of the molecule is CNCCC1CCN(C(=O)C2CC(=O)N(CCOC)C2)CC1. The summed E-state index contributed by atoms with van der Waals surface area (Å²) >= 11 is 0.